The first-order chi connectivity index (χ1) is 12.5. The Bertz CT molecular complexity index is 778. The fourth-order valence-electron chi connectivity index (χ4n) is 3.16. The zero-order chi connectivity index (χ0) is 18.5. The number of amides is 2. The van der Waals surface area contributed by atoms with Gasteiger partial charge in [0.15, 0.2) is 0 Å². The van der Waals surface area contributed by atoms with E-state index >= 15 is 0 Å². The van der Waals surface area contributed by atoms with E-state index in [-0.39, 0.29) is 29.2 Å². The average molecular weight is 351 g/mol. The summed E-state index contributed by atoms with van der Waals surface area (Å²) in [5, 5.41) is 5.83. The molecule has 5 heteroatoms. The quantitative estimate of drug-likeness (QED) is 0.851. The minimum atomic E-state index is -0.321. The number of carbonyl (C=O) groups excluding carboxylic acids is 2. The maximum Gasteiger partial charge on any atom is 0.274 e. The highest BCUT2D eigenvalue weighted by atomic mass is 16.2. The zero-order valence-corrected chi connectivity index (χ0v) is 15.3. The van der Waals surface area contributed by atoms with Gasteiger partial charge in [0.1, 0.15) is 11.4 Å². The number of carbonyl (C=O) groups is 2. The summed E-state index contributed by atoms with van der Waals surface area (Å²) in [6, 6.07) is 12.9. The van der Waals surface area contributed by atoms with Gasteiger partial charge >= 0.3 is 0 Å². The van der Waals surface area contributed by atoms with Crippen molar-refractivity contribution in [2.45, 2.75) is 51.5 Å². The molecule has 0 spiro atoms. The van der Waals surface area contributed by atoms with Crippen molar-refractivity contribution < 1.29 is 9.59 Å². The van der Waals surface area contributed by atoms with E-state index in [9.17, 15) is 9.59 Å². The Morgan fingerprint density at radius 1 is 0.962 bits per heavy atom. The first-order valence-electron chi connectivity index (χ1n) is 9.22. The third kappa shape index (κ3) is 4.48. The molecule has 136 valence electrons. The molecule has 1 aliphatic carbocycles. The van der Waals surface area contributed by atoms with Gasteiger partial charge in [-0.25, -0.2) is 4.98 Å². The van der Waals surface area contributed by atoms with Crippen LogP contribution in [-0.4, -0.2) is 22.8 Å². The highest BCUT2D eigenvalue weighted by molar-refractivity contribution is 6.03. The summed E-state index contributed by atoms with van der Waals surface area (Å²) >= 11 is 0. The predicted molar refractivity (Wildman–Crippen MR) is 102 cm³/mol. The molecule has 0 bridgehead atoms. The van der Waals surface area contributed by atoms with Crippen molar-refractivity contribution >= 4 is 17.5 Å². The van der Waals surface area contributed by atoms with E-state index in [1.165, 1.54) is 5.56 Å². The van der Waals surface area contributed by atoms with Crippen LogP contribution in [0.2, 0.25) is 0 Å². The smallest absolute Gasteiger partial charge is 0.274 e. The molecule has 1 aliphatic rings. The van der Waals surface area contributed by atoms with Crippen LogP contribution >= 0.6 is 0 Å². The monoisotopic (exact) mass is 351 g/mol. The Kier molecular flexibility index (Phi) is 5.66. The second-order valence-corrected chi connectivity index (χ2v) is 7.09. The van der Waals surface area contributed by atoms with E-state index in [0.717, 1.165) is 25.7 Å². The minimum absolute atomic E-state index is 0.215. The number of aromatic nitrogens is 1. The first kappa shape index (κ1) is 18.1. The van der Waals surface area contributed by atoms with Crippen LogP contribution in [0.5, 0.6) is 0 Å². The topological polar surface area (TPSA) is 71.1 Å². The number of hydrogen-bond donors (Lipinski definition) is 2. The molecule has 0 unspecified atom stereocenters. The lowest BCUT2D eigenvalue weighted by Gasteiger charge is -2.12. The Morgan fingerprint density at radius 2 is 1.58 bits per heavy atom. The van der Waals surface area contributed by atoms with Crippen molar-refractivity contribution in [3.05, 3.63) is 59.4 Å². The van der Waals surface area contributed by atoms with Crippen LogP contribution in [-0.2, 0) is 0 Å². The Morgan fingerprint density at radius 3 is 2.19 bits per heavy atom. The molecule has 1 saturated carbocycles. The minimum Gasteiger partial charge on any atom is -0.348 e. The number of nitrogens with zero attached hydrogens (tertiary/aromatic N) is 1. The highest BCUT2D eigenvalue weighted by Crippen LogP contribution is 2.19. The molecule has 1 heterocycles. The lowest BCUT2D eigenvalue weighted by Crippen LogP contribution is -2.33. The zero-order valence-electron chi connectivity index (χ0n) is 15.3. The van der Waals surface area contributed by atoms with Gasteiger partial charge in [-0.2, -0.15) is 0 Å². The van der Waals surface area contributed by atoms with Gasteiger partial charge in [-0.05, 0) is 48.6 Å². The lowest BCUT2D eigenvalue weighted by molar-refractivity contribution is 0.0932. The van der Waals surface area contributed by atoms with Crippen molar-refractivity contribution in [1.29, 1.82) is 0 Å². The summed E-state index contributed by atoms with van der Waals surface area (Å²) in [6.45, 7) is 4.25. The van der Waals surface area contributed by atoms with Gasteiger partial charge in [0.2, 0.25) is 0 Å². The second kappa shape index (κ2) is 8.13. The molecule has 26 heavy (non-hydrogen) atoms. The van der Waals surface area contributed by atoms with Crippen LogP contribution in [0.25, 0.3) is 0 Å². The van der Waals surface area contributed by atoms with Crippen LogP contribution in [0.1, 0.15) is 72.0 Å². The van der Waals surface area contributed by atoms with Gasteiger partial charge in [0, 0.05) is 11.7 Å². The molecular weight excluding hydrogens is 326 g/mol. The van der Waals surface area contributed by atoms with E-state index in [0.29, 0.717) is 11.6 Å². The van der Waals surface area contributed by atoms with Crippen molar-refractivity contribution in [3.8, 4) is 0 Å². The normalized spacial score (nSPS) is 14.4. The highest BCUT2D eigenvalue weighted by Gasteiger charge is 2.19. The second-order valence-electron chi connectivity index (χ2n) is 7.09. The number of benzene rings is 1. The summed E-state index contributed by atoms with van der Waals surface area (Å²) in [5.74, 6) is -0.0953. The molecule has 0 radical (unpaired) electrons. The van der Waals surface area contributed by atoms with Crippen molar-refractivity contribution in [2.75, 3.05) is 5.32 Å². The van der Waals surface area contributed by atoms with Crippen LogP contribution in [0.15, 0.2) is 42.5 Å². The number of anilines is 1. The molecule has 1 aromatic heterocycles. The van der Waals surface area contributed by atoms with Gasteiger partial charge in [-0.3, -0.25) is 9.59 Å². The summed E-state index contributed by atoms with van der Waals surface area (Å²) < 4.78 is 0. The summed E-state index contributed by atoms with van der Waals surface area (Å²) in [5.41, 5.74) is 2.44. The van der Waals surface area contributed by atoms with Crippen molar-refractivity contribution in [2.24, 2.45) is 0 Å². The number of hydrogen-bond acceptors (Lipinski definition) is 3. The van der Waals surface area contributed by atoms with E-state index in [1.807, 2.05) is 24.3 Å². The third-order valence-corrected chi connectivity index (χ3v) is 4.74. The van der Waals surface area contributed by atoms with E-state index in [4.69, 9.17) is 0 Å². The Labute approximate surface area is 154 Å². The van der Waals surface area contributed by atoms with Crippen molar-refractivity contribution in [3.63, 3.8) is 0 Å². The Balaban J connectivity index is 1.66. The van der Waals surface area contributed by atoms with Crippen LogP contribution < -0.4 is 10.6 Å². The van der Waals surface area contributed by atoms with E-state index < -0.39 is 0 Å². The van der Waals surface area contributed by atoms with Crippen LogP contribution in [0, 0.1) is 0 Å². The molecule has 3 rings (SSSR count). The van der Waals surface area contributed by atoms with E-state index in [2.05, 4.69) is 29.5 Å². The maximum atomic E-state index is 12.4. The molecule has 0 atom stereocenters. The van der Waals surface area contributed by atoms with Gasteiger partial charge in [0.05, 0.1) is 0 Å². The summed E-state index contributed by atoms with van der Waals surface area (Å²) in [4.78, 5) is 29.0. The average Bonchev–Trinajstić information content (AvgIpc) is 3.15. The van der Waals surface area contributed by atoms with Crippen molar-refractivity contribution in [1.82, 2.24) is 10.3 Å². The SMILES string of the molecule is CC(C)c1ccc(NC(=O)c2cccc(C(=O)NC3CCCC3)n2)cc1. The maximum absolute atomic E-state index is 12.4. The van der Waals surface area contributed by atoms with Gasteiger partial charge in [0.25, 0.3) is 11.8 Å². The van der Waals surface area contributed by atoms with Gasteiger partial charge < -0.3 is 10.6 Å². The molecule has 2 amide bonds. The molecule has 0 saturated heterocycles. The summed E-state index contributed by atoms with van der Waals surface area (Å²) in [7, 11) is 0. The molecule has 2 aromatic rings. The van der Waals surface area contributed by atoms with Crippen LogP contribution in [0.3, 0.4) is 0 Å². The summed E-state index contributed by atoms with van der Waals surface area (Å²) in [6.07, 6.45) is 4.32. The molecule has 2 N–H and O–H groups in total. The van der Waals surface area contributed by atoms with E-state index in [1.54, 1.807) is 18.2 Å². The fourth-order valence-corrected chi connectivity index (χ4v) is 3.16. The molecule has 1 aromatic carbocycles. The van der Waals surface area contributed by atoms with Gasteiger partial charge in [-0.15, -0.1) is 0 Å². The number of rotatable bonds is 5. The third-order valence-electron chi connectivity index (χ3n) is 4.74. The largest absolute Gasteiger partial charge is 0.348 e. The predicted octanol–water partition coefficient (Wildman–Crippen LogP) is 4.13. The number of pyridine rings is 1. The molecular formula is C21H25N3O2. The lowest BCUT2D eigenvalue weighted by atomic mass is 10.0. The first-order valence-corrected chi connectivity index (χ1v) is 9.22. The molecule has 5 nitrogen and oxygen atoms in total. The standard InChI is InChI=1S/C21H25N3O2/c1-14(2)15-10-12-17(13-11-15)23-21(26)19-9-5-8-18(24-19)20(25)22-16-6-3-4-7-16/h5,8-14,16H,3-4,6-7H2,1-2H3,(H,22,25)(H,23,26). The number of nitrogens with one attached hydrogen (secondary N) is 2. The molecule has 0 aliphatic heterocycles. The van der Waals surface area contributed by atoms with Crippen LogP contribution in [0.4, 0.5) is 5.69 Å². The molecule has 1 fully saturated rings. The van der Waals surface area contributed by atoms with Gasteiger partial charge in [-0.1, -0.05) is 44.9 Å². The Hall–Kier alpha value is -2.69. The fraction of sp³-hybridized carbons (Fsp3) is 0.381.